The third-order valence-corrected chi connectivity index (χ3v) is 4.88. The van der Waals surface area contributed by atoms with E-state index >= 15 is 0 Å². The van der Waals surface area contributed by atoms with E-state index in [4.69, 9.17) is 4.74 Å². The highest BCUT2D eigenvalue weighted by Gasteiger charge is 2.18. The van der Waals surface area contributed by atoms with Crippen LogP contribution in [0, 0.1) is 0 Å². The molecule has 2 aromatic carbocycles. The monoisotopic (exact) mass is 350 g/mol. The van der Waals surface area contributed by atoms with Gasteiger partial charge in [-0.2, -0.15) is 0 Å². The molecule has 4 aromatic rings. The molecule has 0 saturated heterocycles. The quantitative estimate of drug-likeness (QED) is 0.537. The summed E-state index contributed by atoms with van der Waals surface area (Å²) in [4.78, 5) is 3.32. The Balaban J connectivity index is 1.91. The molecule has 2 aromatic heterocycles. The number of aromatic amines is 1. The zero-order chi connectivity index (χ0) is 17.2. The Bertz CT molecular complexity index is 1000. The molecule has 25 heavy (non-hydrogen) atoms. The van der Waals surface area contributed by atoms with Gasteiger partial charge in [0.05, 0.1) is 7.11 Å². The van der Waals surface area contributed by atoms with E-state index in [1.165, 1.54) is 0 Å². The van der Waals surface area contributed by atoms with Gasteiger partial charge in [0, 0.05) is 28.4 Å². The Labute approximate surface area is 150 Å². The zero-order valence-corrected chi connectivity index (χ0v) is 14.9. The molecule has 1 N–H and O–H groups in total. The number of thioether (sulfide) groups is 1. The summed E-state index contributed by atoms with van der Waals surface area (Å²) in [7, 11) is 1.67. The Morgan fingerprint density at radius 1 is 1.08 bits per heavy atom. The van der Waals surface area contributed by atoms with E-state index in [-0.39, 0.29) is 0 Å². The maximum absolute atomic E-state index is 5.27. The van der Waals surface area contributed by atoms with Crippen molar-refractivity contribution in [1.82, 2.24) is 19.7 Å². The van der Waals surface area contributed by atoms with E-state index in [1.807, 2.05) is 42.6 Å². The molecule has 0 bridgehead atoms. The molecule has 0 aliphatic rings. The summed E-state index contributed by atoms with van der Waals surface area (Å²) < 4.78 is 7.37. The zero-order valence-electron chi connectivity index (χ0n) is 14.1. The minimum absolute atomic E-state index is 0.829. The van der Waals surface area contributed by atoms with Crippen LogP contribution in [0.15, 0.2) is 59.9 Å². The van der Waals surface area contributed by atoms with Gasteiger partial charge in [0.1, 0.15) is 5.75 Å². The fraction of sp³-hybridized carbons (Fsp3) is 0.158. The first-order chi connectivity index (χ1) is 12.3. The van der Waals surface area contributed by atoms with Gasteiger partial charge in [0.15, 0.2) is 11.0 Å². The maximum Gasteiger partial charge on any atom is 0.196 e. The maximum atomic E-state index is 5.27. The number of methoxy groups -OCH3 is 1. The van der Waals surface area contributed by atoms with Gasteiger partial charge in [-0.15, -0.1) is 10.2 Å². The summed E-state index contributed by atoms with van der Waals surface area (Å²) >= 11 is 1.68. The fourth-order valence-electron chi connectivity index (χ4n) is 2.89. The van der Waals surface area contributed by atoms with Gasteiger partial charge in [0.2, 0.25) is 0 Å². The van der Waals surface area contributed by atoms with Crippen molar-refractivity contribution in [2.45, 2.75) is 12.1 Å². The molecule has 5 nitrogen and oxygen atoms in total. The first-order valence-corrected chi connectivity index (χ1v) is 9.09. The van der Waals surface area contributed by atoms with Crippen molar-refractivity contribution in [1.29, 1.82) is 0 Å². The van der Waals surface area contributed by atoms with Gasteiger partial charge in [-0.05, 0) is 36.1 Å². The van der Waals surface area contributed by atoms with Crippen LogP contribution >= 0.6 is 11.8 Å². The number of para-hydroxylation sites is 1. The van der Waals surface area contributed by atoms with Crippen molar-refractivity contribution in [3.05, 3.63) is 54.7 Å². The predicted octanol–water partition coefficient (Wildman–Crippen LogP) is 4.54. The van der Waals surface area contributed by atoms with E-state index in [2.05, 4.69) is 38.8 Å². The topological polar surface area (TPSA) is 55.7 Å². The average molecular weight is 350 g/mol. The molecule has 0 amide bonds. The number of benzene rings is 2. The van der Waals surface area contributed by atoms with Crippen LogP contribution in [0.2, 0.25) is 0 Å². The molecule has 126 valence electrons. The van der Waals surface area contributed by atoms with Crippen LogP contribution in [0.1, 0.15) is 6.92 Å². The number of ether oxygens (including phenoxy) is 1. The molecule has 4 rings (SSSR count). The van der Waals surface area contributed by atoms with Crippen molar-refractivity contribution in [3.63, 3.8) is 0 Å². The number of nitrogens with one attached hydrogen (secondary N) is 1. The third-order valence-electron chi connectivity index (χ3n) is 4.07. The molecule has 0 aliphatic carbocycles. The van der Waals surface area contributed by atoms with Crippen LogP contribution in [0.5, 0.6) is 5.75 Å². The number of hydrogen-bond acceptors (Lipinski definition) is 4. The third kappa shape index (κ3) is 2.78. The van der Waals surface area contributed by atoms with Crippen LogP contribution in [-0.4, -0.2) is 32.6 Å². The van der Waals surface area contributed by atoms with E-state index in [1.54, 1.807) is 18.9 Å². The van der Waals surface area contributed by atoms with E-state index in [0.717, 1.165) is 44.6 Å². The Morgan fingerprint density at radius 2 is 1.88 bits per heavy atom. The summed E-state index contributed by atoms with van der Waals surface area (Å²) in [6.07, 6.45) is 2.00. The number of H-pyrrole nitrogens is 1. The Morgan fingerprint density at radius 3 is 2.64 bits per heavy atom. The molecule has 0 atom stereocenters. The van der Waals surface area contributed by atoms with Crippen LogP contribution in [0.3, 0.4) is 0 Å². The SMILES string of the molecule is CCSc1nnc(-c2c[nH]c3ccccc23)n1-c1ccc(OC)cc1. The van der Waals surface area contributed by atoms with Crippen LogP contribution in [0.4, 0.5) is 0 Å². The smallest absolute Gasteiger partial charge is 0.196 e. The number of aromatic nitrogens is 4. The van der Waals surface area contributed by atoms with Gasteiger partial charge in [-0.1, -0.05) is 36.9 Å². The molecule has 0 spiro atoms. The van der Waals surface area contributed by atoms with Crippen LogP contribution in [0.25, 0.3) is 28.0 Å². The summed E-state index contributed by atoms with van der Waals surface area (Å²) in [5.41, 5.74) is 3.15. The summed E-state index contributed by atoms with van der Waals surface area (Å²) in [5, 5.41) is 10.9. The number of rotatable bonds is 5. The first-order valence-electron chi connectivity index (χ1n) is 8.11. The first kappa shape index (κ1) is 15.8. The lowest BCUT2D eigenvalue weighted by Crippen LogP contribution is -1.99. The minimum Gasteiger partial charge on any atom is -0.497 e. The molecule has 0 unspecified atom stereocenters. The summed E-state index contributed by atoms with van der Waals surface area (Å²) in [6.45, 7) is 2.11. The van der Waals surface area contributed by atoms with E-state index < -0.39 is 0 Å². The van der Waals surface area contributed by atoms with Gasteiger partial charge < -0.3 is 9.72 Å². The second-order valence-electron chi connectivity index (χ2n) is 5.52. The Hall–Kier alpha value is -2.73. The average Bonchev–Trinajstić information content (AvgIpc) is 3.26. The molecule has 0 radical (unpaired) electrons. The lowest BCUT2D eigenvalue weighted by atomic mass is 10.1. The van der Waals surface area contributed by atoms with Gasteiger partial charge in [-0.3, -0.25) is 4.57 Å². The van der Waals surface area contributed by atoms with E-state index in [0.29, 0.717) is 0 Å². The largest absolute Gasteiger partial charge is 0.497 e. The van der Waals surface area contributed by atoms with Gasteiger partial charge in [0.25, 0.3) is 0 Å². The normalized spacial score (nSPS) is 11.1. The highest BCUT2D eigenvalue weighted by atomic mass is 32.2. The van der Waals surface area contributed by atoms with Crippen molar-refractivity contribution < 1.29 is 4.74 Å². The molecule has 0 saturated carbocycles. The second-order valence-corrected chi connectivity index (χ2v) is 6.75. The highest BCUT2D eigenvalue weighted by Crippen LogP contribution is 2.32. The standard InChI is InChI=1S/C19H18N4OS/c1-3-25-19-22-21-18(16-12-20-17-7-5-4-6-15(16)17)23(19)13-8-10-14(24-2)11-9-13/h4-12,20H,3H2,1-2H3. The second kappa shape index (κ2) is 6.64. The van der Waals surface area contributed by atoms with E-state index in [9.17, 15) is 0 Å². The van der Waals surface area contributed by atoms with Crippen LogP contribution < -0.4 is 4.74 Å². The minimum atomic E-state index is 0.829. The predicted molar refractivity (Wildman–Crippen MR) is 102 cm³/mol. The van der Waals surface area contributed by atoms with Gasteiger partial charge >= 0.3 is 0 Å². The van der Waals surface area contributed by atoms with Crippen molar-refractivity contribution in [3.8, 4) is 22.8 Å². The van der Waals surface area contributed by atoms with Gasteiger partial charge in [-0.25, -0.2) is 0 Å². The lowest BCUT2D eigenvalue weighted by Gasteiger charge is -2.10. The van der Waals surface area contributed by atoms with Crippen LogP contribution in [-0.2, 0) is 0 Å². The number of hydrogen-bond donors (Lipinski definition) is 1. The summed E-state index contributed by atoms with van der Waals surface area (Å²) in [6, 6.07) is 16.2. The number of nitrogens with zero attached hydrogens (tertiary/aromatic N) is 3. The number of fused-ring (bicyclic) bond motifs is 1. The molecular formula is C19H18N4OS. The summed E-state index contributed by atoms with van der Waals surface area (Å²) in [5.74, 6) is 2.59. The molecule has 6 heteroatoms. The highest BCUT2D eigenvalue weighted by molar-refractivity contribution is 7.99. The van der Waals surface area contributed by atoms with Crippen molar-refractivity contribution >= 4 is 22.7 Å². The fourth-order valence-corrected chi connectivity index (χ4v) is 3.57. The molecule has 2 heterocycles. The van der Waals surface area contributed by atoms with Crippen molar-refractivity contribution in [2.24, 2.45) is 0 Å². The molecule has 0 fully saturated rings. The van der Waals surface area contributed by atoms with Crippen molar-refractivity contribution in [2.75, 3.05) is 12.9 Å². The Kier molecular flexibility index (Phi) is 4.19. The molecule has 0 aliphatic heterocycles. The lowest BCUT2D eigenvalue weighted by molar-refractivity contribution is 0.414. The molecular weight excluding hydrogens is 332 g/mol.